The van der Waals surface area contributed by atoms with Crippen LogP contribution in [0.4, 0.5) is 21.7 Å². The third-order valence-corrected chi connectivity index (χ3v) is 2.62. The highest BCUT2D eigenvalue weighted by molar-refractivity contribution is 6.33. The fraction of sp³-hybridized carbons (Fsp3) is 0.167. The molecule has 0 spiro atoms. The molecule has 1 aromatic heterocycles. The maximum Gasteiger partial charge on any atom is 0.136 e. The minimum Gasteiger partial charge on any atom is -0.384 e. The largest absolute Gasteiger partial charge is 0.384 e. The molecule has 6 heteroatoms. The lowest BCUT2D eigenvalue weighted by molar-refractivity contribution is 0.628. The van der Waals surface area contributed by atoms with Crippen molar-refractivity contribution in [3.63, 3.8) is 0 Å². The van der Waals surface area contributed by atoms with Crippen LogP contribution in [0.5, 0.6) is 0 Å². The van der Waals surface area contributed by atoms with Crippen LogP contribution in [0.25, 0.3) is 0 Å². The number of aryl methyl sites for hydroxylation is 1. The second-order valence-electron chi connectivity index (χ2n) is 3.70. The fourth-order valence-corrected chi connectivity index (χ4v) is 1.68. The van der Waals surface area contributed by atoms with Crippen LogP contribution < -0.4 is 11.1 Å². The topological polar surface area (TPSA) is 63.8 Å². The Kier molecular flexibility index (Phi) is 3.62. The first-order chi connectivity index (χ1) is 8.58. The van der Waals surface area contributed by atoms with Crippen LogP contribution in [0.15, 0.2) is 24.3 Å². The molecule has 1 aromatic carbocycles. The van der Waals surface area contributed by atoms with Gasteiger partial charge in [-0.1, -0.05) is 18.5 Å². The van der Waals surface area contributed by atoms with Gasteiger partial charge in [0.2, 0.25) is 0 Å². The van der Waals surface area contributed by atoms with Crippen molar-refractivity contribution in [1.82, 2.24) is 9.97 Å². The summed E-state index contributed by atoms with van der Waals surface area (Å²) >= 11 is 5.92. The minimum absolute atomic E-state index is 0.283. The first-order valence-corrected chi connectivity index (χ1v) is 5.82. The number of nitrogen functional groups attached to an aromatic ring is 1. The second kappa shape index (κ2) is 5.18. The predicted molar refractivity (Wildman–Crippen MR) is 70.5 cm³/mol. The zero-order valence-corrected chi connectivity index (χ0v) is 10.5. The number of anilines is 3. The second-order valence-corrected chi connectivity index (χ2v) is 4.10. The zero-order valence-electron chi connectivity index (χ0n) is 9.74. The highest BCUT2D eigenvalue weighted by atomic mass is 35.5. The maximum absolute atomic E-state index is 12.9. The molecule has 0 radical (unpaired) electrons. The number of nitrogens with two attached hydrogens (primary N) is 1. The van der Waals surface area contributed by atoms with Crippen LogP contribution in [0.1, 0.15) is 12.7 Å². The number of halogens is 2. The van der Waals surface area contributed by atoms with Crippen LogP contribution in [0.3, 0.4) is 0 Å². The van der Waals surface area contributed by atoms with E-state index in [1.807, 2.05) is 6.92 Å². The Bertz CT molecular complexity index is 574. The molecule has 94 valence electrons. The lowest BCUT2D eigenvalue weighted by Gasteiger charge is -2.09. The van der Waals surface area contributed by atoms with Gasteiger partial charge in [-0.25, -0.2) is 14.4 Å². The summed E-state index contributed by atoms with van der Waals surface area (Å²) in [4.78, 5) is 8.32. The van der Waals surface area contributed by atoms with Crippen molar-refractivity contribution in [3.05, 3.63) is 40.9 Å². The van der Waals surface area contributed by atoms with E-state index in [1.54, 1.807) is 12.1 Å². The van der Waals surface area contributed by atoms with Gasteiger partial charge >= 0.3 is 0 Å². The van der Waals surface area contributed by atoms with Gasteiger partial charge in [-0.05, 0) is 18.2 Å². The Hall–Kier alpha value is -1.88. The lowest BCUT2D eigenvalue weighted by Crippen LogP contribution is -2.03. The summed E-state index contributed by atoms with van der Waals surface area (Å²) in [7, 11) is 0. The van der Waals surface area contributed by atoms with Gasteiger partial charge in [0.15, 0.2) is 0 Å². The molecule has 18 heavy (non-hydrogen) atoms. The summed E-state index contributed by atoms with van der Waals surface area (Å²) in [6.07, 6.45) is 0.677. The van der Waals surface area contributed by atoms with Gasteiger partial charge in [-0.2, -0.15) is 0 Å². The Labute approximate surface area is 109 Å². The highest BCUT2D eigenvalue weighted by Gasteiger charge is 2.05. The smallest absolute Gasteiger partial charge is 0.136 e. The highest BCUT2D eigenvalue weighted by Crippen LogP contribution is 2.25. The van der Waals surface area contributed by atoms with Crippen molar-refractivity contribution in [2.24, 2.45) is 0 Å². The number of nitrogens with one attached hydrogen (secondary N) is 1. The van der Waals surface area contributed by atoms with Gasteiger partial charge in [0, 0.05) is 12.5 Å². The average molecular weight is 267 g/mol. The molecular weight excluding hydrogens is 255 g/mol. The van der Waals surface area contributed by atoms with Gasteiger partial charge in [0.1, 0.15) is 23.3 Å². The van der Waals surface area contributed by atoms with E-state index in [9.17, 15) is 4.39 Å². The Balaban J connectivity index is 2.30. The number of benzene rings is 1. The van der Waals surface area contributed by atoms with Crippen LogP contribution in [-0.4, -0.2) is 9.97 Å². The average Bonchev–Trinajstić information content (AvgIpc) is 2.32. The summed E-state index contributed by atoms with van der Waals surface area (Å²) in [6.45, 7) is 1.93. The van der Waals surface area contributed by atoms with E-state index < -0.39 is 0 Å². The summed E-state index contributed by atoms with van der Waals surface area (Å²) in [6, 6.07) is 5.69. The van der Waals surface area contributed by atoms with Gasteiger partial charge in [-0.15, -0.1) is 0 Å². The first kappa shape index (κ1) is 12.6. The van der Waals surface area contributed by atoms with E-state index in [4.69, 9.17) is 17.3 Å². The van der Waals surface area contributed by atoms with Gasteiger partial charge < -0.3 is 11.1 Å². The Morgan fingerprint density at radius 3 is 2.78 bits per heavy atom. The maximum atomic E-state index is 12.9. The van der Waals surface area contributed by atoms with Gasteiger partial charge in [0.25, 0.3) is 0 Å². The SMILES string of the molecule is CCc1nc(N)cc(Nc2ccc(F)cc2Cl)n1. The molecule has 4 nitrogen and oxygen atoms in total. The number of aromatic nitrogens is 2. The normalized spacial score (nSPS) is 10.4. The molecule has 0 aliphatic heterocycles. The van der Waals surface area contributed by atoms with Crippen LogP contribution in [-0.2, 0) is 6.42 Å². The number of hydrogen-bond donors (Lipinski definition) is 2. The third-order valence-electron chi connectivity index (χ3n) is 2.30. The van der Waals surface area contributed by atoms with E-state index in [0.717, 1.165) is 0 Å². The molecule has 0 saturated carbocycles. The molecular formula is C12H12ClFN4. The Morgan fingerprint density at radius 2 is 2.11 bits per heavy atom. The third kappa shape index (κ3) is 2.87. The van der Waals surface area contributed by atoms with Crippen molar-refractivity contribution in [2.75, 3.05) is 11.1 Å². The summed E-state index contributed by atoms with van der Waals surface area (Å²) in [5.41, 5.74) is 6.23. The Morgan fingerprint density at radius 1 is 1.33 bits per heavy atom. The molecule has 0 aliphatic rings. The molecule has 2 rings (SSSR count). The predicted octanol–water partition coefficient (Wildman–Crippen LogP) is 3.16. The van der Waals surface area contributed by atoms with Crippen molar-refractivity contribution < 1.29 is 4.39 Å². The fourth-order valence-electron chi connectivity index (χ4n) is 1.47. The van der Waals surface area contributed by atoms with Crippen LogP contribution in [0.2, 0.25) is 5.02 Å². The number of rotatable bonds is 3. The molecule has 0 atom stereocenters. The first-order valence-electron chi connectivity index (χ1n) is 5.44. The lowest BCUT2D eigenvalue weighted by atomic mass is 10.3. The standard InChI is InChI=1S/C12H12ClFN4/c1-2-11-17-10(15)6-12(18-11)16-9-4-3-7(14)5-8(9)13/h3-6H,2H2,1H3,(H3,15,16,17,18). The summed E-state index contributed by atoms with van der Waals surface area (Å²) < 4.78 is 12.9. The van der Waals surface area contributed by atoms with E-state index in [-0.39, 0.29) is 10.8 Å². The van der Waals surface area contributed by atoms with Crippen LogP contribution in [0, 0.1) is 5.82 Å². The molecule has 1 heterocycles. The van der Waals surface area contributed by atoms with Crippen molar-refractivity contribution >= 4 is 28.9 Å². The van der Waals surface area contributed by atoms with E-state index in [1.165, 1.54) is 12.1 Å². The molecule has 3 N–H and O–H groups in total. The monoisotopic (exact) mass is 266 g/mol. The molecule has 0 saturated heterocycles. The molecule has 0 fully saturated rings. The van der Waals surface area contributed by atoms with Crippen molar-refractivity contribution in [2.45, 2.75) is 13.3 Å². The minimum atomic E-state index is -0.387. The molecule has 0 bridgehead atoms. The van der Waals surface area contributed by atoms with Crippen molar-refractivity contribution in [1.29, 1.82) is 0 Å². The van der Waals surface area contributed by atoms with Crippen molar-refractivity contribution in [3.8, 4) is 0 Å². The quantitative estimate of drug-likeness (QED) is 0.896. The number of nitrogens with zero attached hydrogens (tertiary/aromatic N) is 2. The zero-order chi connectivity index (χ0) is 13.1. The number of hydrogen-bond acceptors (Lipinski definition) is 4. The van der Waals surface area contributed by atoms with E-state index in [0.29, 0.717) is 29.6 Å². The van der Waals surface area contributed by atoms with E-state index in [2.05, 4.69) is 15.3 Å². The summed E-state index contributed by atoms with van der Waals surface area (Å²) in [5, 5.41) is 3.27. The molecule has 2 aromatic rings. The molecule has 0 amide bonds. The molecule has 0 aliphatic carbocycles. The van der Waals surface area contributed by atoms with Gasteiger partial charge in [0.05, 0.1) is 10.7 Å². The van der Waals surface area contributed by atoms with Crippen LogP contribution >= 0.6 is 11.6 Å². The molecule has 0 unspecified atom stereocenters. The summed E-state index contributed by atoms with van der Waals surface area (Å²) in [5.74, 6) is 1.16. The van der Waals surface area contributed by atoms with E-state index >= 15 is 0 Å². The van der Waals surface area contributed by atoms with Gasteiger partial charge in [-0.3, -0.25) is 0 Å².